The molecule has 72 valence electrons. The van der Waals surface area contributed by atoms with E-state index in [1.807, 2.05) is 0 Å². The highest BCUT2D eigenvalue weighted by Gasteiger charge is 2.15. The van der Waals surface area contributed by atoms with Crippen LogP contribution in [-0.2, 0) is 4.74 Å². The van der Waals surface area contributed by atoms with Crippen molar-refractivity contribution in [2.24, 2.45) is 11.7 Å². The summed E-state index contributed by atoms with van der Waals surface area (Å²) >= 11 is 0. The highest BCUT2D eigenvalue weighted by Crippen LogP contribution is 2.20. The van der Waals surface area contributed by atoms with E-state index in [4.69, 9.17) is 10.5 Å². The smallest absolute Gasteiger partial charge is 0.0576 e. The lowest BCUT2D eigenvalue weighted by molar-refractivity contribution is 0.0984. The van der Waals surface area contributed by atoms with E-state index in [9.17, 15) is 0 Å². The Bertz CT molecular complexity index is 110. The van der Waals surface area contributed by atoms with Crippen molar-refractivity contribution in [1.29, 1.82) is 0 Å². The Morgan fingerprint density at radius 2 is 2.33 bits per heavy atom. The van der Waals surface area contributed by atoms with Crippen LogP contribution in [0.1, 0.15) is 39.0 Å². The second-order valence-electron chi connectivity index (χ2n) is 3.89. The Hall–Kier alpha value is -0.0800. The number of ether oxygens (including phenoxy) is 1. The van der Waals surface area contributed by atoms with Gasteiger partial charge in [0.05, 0.1) is 6.10 Å². The van der Waals surface area contributed by atoms with E-state index < -0.39 is 0 Å². The van der Waals surface area contributed by atoms with Crippen molar-refractivity contribution in [1.82, 2.24) is 0 Å². The zero-order valence-corrected chi connectivity index (χ0v) is 8.09. The Labute approximate surface area is 75.5 Å². The summed E-state index contributed by atoms with van der Waals surface area (Å²) in [6, 6.07) is 0. The number of hydrogen-bond donors (Lipinski definition) is 1. The molecule has 1 saturated heterocycles. The molecule has 1 rings (SSSR count). The van der Waals surface area contributed by atoms with Crippen LogP contribution in [0.15, 0.2) is 0 Å². The summed E-state index contributed by atoms with van der Waals surface area (Å²) in [5.74, 6) is 0.777. The molecule has 1 aliphatic heterocycles. The Kier molecular flexibility index (Phi) is 4.62. The van der Waals surface area contributed by atoms with E-state index in [1.54, 1.807) is 0 Å². The Balaban J connectivity index is 1.99. The molecule has 0 radical (unpaired) electrons. The highest BCUT2D eigenvalue weighted by atomic mass is 16.5. The Morgan fingerprint density at radius 3 is 2.92 bits per heavy atom. The molecule has 0 aliphatic carbocycles. The molecule has 2 atom stereocenters. The topological polar surface area (TPSA) is 35.2 Å². The molecule has 0 bridgehead atoms. The summed E-state index contributed by atoms with van der Waals surface area (Å²) in [5.41, 5.74) is 5.48. The van der Waals surface area contributed by atoms with Crippen LogP contribution in [-0.4, -0.2) is 19.3 Å². The minimum absolute atomic E-state index is 0.560. The third-order valence-corrected chi connectivity index (χ3v) is 2.66. The van der Waals surface area contributed by atoms with Gasteiger partial charge in [0.25, 0.3) is 0 Å². The fraction of sp³-hybridized carbons (Fsp3) is 1.00. The summed E-state index contributed by atoms with van der Waals surface area (Å²) in [5, 5.41) is 0. The molecule has 2 heteroatoms. The molecule has 0 amide bonds. The van der Waals surface area contributed by atoms with Crippen LogP contribution in [0.25, 0.3) is 0 Å². The maximum atomic E-state index is 5.55. The molecule has 0 aromatic carbocycles. The van der Waals surface area contributed by atoms with Crippen LogP contribution in [0, 0.1) is 5.92 Å². The molecule has 2 nitrogen and oxygen atoms in total. The van der Waals surface area contributed by atoms with Crippen LogP contribution in [0.2, 0.25) is 0 Å². The lowest BCUT2D eigenvalue weighted by atomic mass is 9.99. The van der Waals surface area contributed by atoms with Crippen LogP contribution < -0.4 is 5.73 Å². The summed E-state index contributed by atoms with van der Waals surface area (Å²) < 4.78 is 5.55. The van der Waals surface area contributed by atoms with E-state index in [-0.39, 0.29) is 0 Å². The maximum absolute atomic E-state index is 5.55. The van der Waals surface area contributed by atoms with Gasteiger partial charge in [-0.3, -0.25) is 0 Å². The maximum Gasteiger partial charge on any atom is 0.0576 e. The van der Waals surface area contributed by atoms with Crippen LogP contribution in [0.4, 0.5) is 0 Å². The number of hydrogen-bond acceptors (Lipinski definition) is 2. The van der Waals surface area contributed by atoms with Crippen molar-refractivity contribution in [3.8, 4) is 0 Å². The fourth-order valence-corrected chi connectivity index (χ4v) is 1.77. The number of rotatable bonds is 5. The molecular formula is C10H21NO. The van der Waals surface area contributed by atoms with Gasteiger partial charge in [-0.2, -0.15) is 0 Å². The molecule has 1 fully saturated rings. The van der Waals surface area contributed by atoms with Gasteiger partial charge < -0.3 is 10.5 Å². The summed E-state index contributed by atoms with van der Waals surface area (Å²) in [6.45, 7) is 4.09. The molecular weight excluding hydrogens is 150 g/mol. The van der Waals surface area contributed by atoms with Gasteiger partial charge in [0.2, 0.25) is 0 Å². The highest BCUT2D eigenvalue weighted by molar-refractivity contribution is 4.66. The molecule has 0 aromatic heterocycles. The molecule has 12 heavy (non-hydrogen) atoms. The molecule has 0 aromatic rings. The van der Waals surface area contributed by atoms with Gasteiger partial charge >= 0.3 is 0 Å². The second-order valence-corrected chi connectivity index (χ2v) is 3.89. The lowest BCUT2D eigenvalue weighted by Crippen LogP contribution is -2.10. The SMILES string of the molecule is CC(CCN)CCC1CCCO1. The molecule has 2 unspecified atom stereocenters. The van der Waals surface area contributed by atoms with Crippen molar-refractivity contribution in [2.75, 3.05) is 13.2 Å². The average molecular weight is 171 g/mol. The van der Waals surface area contributed by atoms with Crippen molar-refractivity contribution in [3.05, 3.63) is 0 Å². The van der Waals surface area contributed by atoms with Crippen molar-refractivity contribution in [3.63, 3.8) is 0 Å². The van der Waals surface area contributed by atoms with Gasteiger partial charge in [-0.1, -0.05) is 6.92 Å². The molecule has 1 heterocycles. The van der Waals surface area contributed by atoms with E-state index >= 15 is 0 Å². The van der Waals surface area contributed by atoms with Gasteiger partial charge in [0.1, 0.15) is 0 Å². The van der Waals surface area contributed by atoms with Crippen molar-refractivity contribution < 1.29 is 4.74 Å². The first-order valence-corrected chi connectivity index (χ1v) is 5.14. The van der Waals surface area contributed by atoms with Crippen molar-refractivity contribution in [2.45, 2.75) is 45.1 Å². The van der Waals surface area contributed by atoms with Gasteiger partial charge in [-0.15, -0.1) is 0 Å². The second kappa shape index (κ2) is 5.55. The third-order valence-electron chi connectivity index (χ3n) is 2.66. The first-order valence-electron chi connectivity index (χ1n) is 5.14. The zero-order valence-electron chi connectivity index (χ0n) is 8.09. The largest absolute Gasteiger partial charge is 0.378 e. The van der Waals surface area contributed by atoms with Crippen molar-refractivity contribution >= 4 is 0 Å². The zero-order chi connectivity index (χ0) is 8.81. The summed E-state index contributed by atoms with van der Waals surface area (Å²) in [7, 11) is 0. The molecule has 0 spiro atoms. The Morgan fingerprint density at radius 1 is 1.50 bits per heavy atom. The fourth-order valence-electron chi connectivity index (χ4n) is 1.77. The minimum Gasteiger partial charge on any atom is -0.378 e. The van der Waals surface area contributed by atoms with Gasteiger partial charge in [0.15, 0.2) is 0 Å². The van der Waals surface area contributed by atoms with E-state index in [0.29, 0.717) is 6.10 Å². The first-order chi connectivity index (χ1) is 5.83. The van der Waals surface area contributed by atoms with E-state index in [2.05, 4.69) is 6.92 Å². The predicted molar refractivity (Wildman–Crippen MR) is 51.0 cm³/mol. The van der Waals surface area contributed by atoms with Crippen LogP contribution >= 0.6 is 0 Å². The normalized spacial score (nSPS) is 26.0. The molecule has 1 aliphatic rings. The van der Waals surface area contributed by atoms with Gasteiger partial charge in [-0.25, -0.2) is 0 Å². The minimum atomic E-state index is 0.560. The predicted octanol–water partition coefficient (Wildman–Crippen LogP) is 1.93. The van der Waals surface area contributed by atoms with Gasteiger partial charge in [-0.05, 0) is 44.6 Å². The molecule has 0 saturated carbocycles. The number of nitrogens with two attached hydrogens (primary N) is 1. The lowest BCUT2D eigenvalue weighted by Gasteiger charge is -2.13. The summed E-state index contributed by atoms with van der Waals surface area (Å²) in [4.78, 5) is 0. The third kappa shape index (κ3) is 3.55. The van der Waals surface area contributed by atoms with Gasteiger partial charge in [0, 0.05) is 6.61 Å². The van der Waals surface area contributed by atoms with E-state index in [1.165, 1.54) is 25.7 Å². The van der Waals surface area contributed by atoms with E-state index in [0.717, 1.165) is 25.5 Å². The van der Waals surface area contributed by atoms with Crippen LogP contribution in [0.5, 0.6) is 0 Å². The summed E-state index contributed by atoms with van der Waals surface area (Å²) in [6.07, 6.45) is 6.77. The standard InChI is InChI=1S/C10H21NO/c1-9(6-7-11)4-5-10-3-2-8-12-10/h9-10H,2-8,11H2,1H3. The monoisotopic (exact) mass is 171 g/mol. The van der Waals surface area contributed by atoms with Crippen LogP contribution in [0.3, 0.4) is 0 Å². The molecule has 2 N–H and O–H groups in total. The quantitative estimate of drug-likeness (QED) is 0.686. The average Bonchev–Trinajstić information content (AvgIpc) is 2.53. The first kappa shape index (κ1) is 10.0.